The number of anilines is 1. The molecule has 0 heterocycles. The number of amides is 1. The van der Waals surface area contributed by atoms with Crippen LogP contribution in [0.25, 0.3) is 10.8 Å². The maximum atomic E-state index is 11.9. The summed E-state index contributed by atoms with van der Waals surface area (Å²) in [4.78, 5) is 11.4. The largest absolute Gasteiger partial charge is 0.411 e. The second-order valence-corrected chi connectivity index (χ2v) is 4.22. The molecule has 0 spiro atoms. The Labute approximate surface area is 113 Å². The number of fused-ring (bicyclic) bond motifs is 1. The van der Waals surface area contributed by atoms with E-state index in [1.54, 1.807) is 12.1 Å². The van der Waals surface area contributed by atoms with Crippen molar-refractivity contribution in [1.82, 2.24) is 0 Å². The predicted molar refractivity (Wildman–Crippen MR) is 69.5 cm³/mol. The van der Waals surface area contributed by atoms with E-state index in [1.165, 1.54) is 0 Å². The van der Waals surface area contributed by atoms with E-state index in [-0.39, 0.29) is 0 Å². The van der Waals surface area contributed by atoms with Crippen LogP contribution in [0, 0.1) is 0 Å². The maximum absolute atomic E-state index is 11.9. The molecular formula is C14H12F3NO2. The Morgan fingerprint density at radius 1 is 1.10 bits per heavy atom. The second-order valence-electron chi connectivity index (χ2n) is 4.22. The first kappa shape index (κ1) is 14.3. The monoisotopic (exact) mass is 283 g/mol. The van der Waals surface area contributed by atoms with Crippen molar-refractivity contribution in [2.75, 3.05) is 18.5 Å². The standard InChI is InChI=1S/C14H12F3NO2/c15-14(16,17)9-20-8-13(19)18-12-6-5-10-3-1-2-4-11(10)7-12/h1-7H,8-9H2,(H,18,19). The molecule has 2 rings (SSSR count). The quantitative estimate of drug-likeness (QED) is 0.934. The molecule has 2 aromatic carbocycles. The number of rotatable bonds is 4. The van der Waals surface area contributed by atoms with E-state index < -0.39 is 25.3 Å². The lowest BCUT2D eigenvalue weighted by Crippen LogP contribution is -2.23. The topological polar surface area (TPSA) is 38.3 Å². The molecule has 0 aliphatic rings. The number of ether oxygens (including phenoxy) is 1. The molecule has 20 heavy (non-hydrogen) atoms. The van der Waals surface area contributed by atoms with Crippen molar-refractivity contribution in [2.24, 2.45) is 0 Å². The highest BCUT2D eigenvalue weighted by Gasteiger charge is 2.27. The SMILES string of the molecule is O=C(COCC(F)(F)F)Nc1ccc2ccccc2c1. The van der Waals surface area contributed by atoms with Crippen LogP contribution < -0.4 is 5.32 Å². The van der Waals surface area contributed by atoms with Gasteiger partial charge in [0.1, 0.15) is 13.2 Å². The van der Waals surface area contributed by atoms with Gasteiger partial charge in [-0.1, -0.05) is 30.3 Å². The Kier molecular flexibility index (Phi) is 4.24. The summed E-state index contributed by atoms with van der Waals surface area (Å²) in [6, 6.07) is 12.8. The van der Waals surface area contributed by atoms with Crippen LogP contribution in [0.5, 0.6) is 0 Å². The third kappa shape index (κ3) is 4.24. The zero-order valence-electron chi connectivity index (χ0n) is 10.4. The number of alkyl halides is 3. The minimum Gasteiger partial charge on any atom is -0.362 e. The van der Waals surface area contributed by atoms with Gasteiger partial charge in [0.25, 0.3) is 0 Å². The van der Waals surface area contributed by atoms with Crippen LogP contribution in [0.15, 0.2) is 42.5 Å². The maximum Gasteiger partial charge on any atom is 0.411 e. The van der Waals surface area contributed by atoms with Gasteiger partial charge in [0.15, 0.2) is 0 Å². The molecular weight excluding hydrogens is 271 g/mol. The Morgan fingerprint density at radius 2 is 1.80 bits per heavy atom. The van der Waals surface area contributed by atoms with E-state index >= 15 is 0 Å². The van der Waals surface area contributed by atoms with E-state index in [9.17, 15) is 18.0 Å². The Hall–Kier alpha value is -2.08. The Bertz CT molecular complexity index is 611. The summed E-state index contributed by atoms with van der Waals surface area (Å²) in [6.45, 7) is -2.07. The number of hydrogen-bond donors (Lipinski definition) is 1. The summed E-state index contributed by atoms with van der Waals surface area (Å²) in [6.07, 6.45) is -4.43. The molecule has 2 aromatic rings. The first-order valence-corrected chi connectivity index (χ1v) is 5.87. The fraction of sp³-hybridized carbons (Fsp3) is 0.214. The van der Waals surface area contributed by atoms with Crippen LogP contribution in [0.2, 0.25) is 0 Å². The first-order chi connectivity index (χ1) is 9.44. The molecule has 0 aromatic heterocycles. The van der Waals surface area contributed by atoms with E-state index in [4.69, 9.17) is 0 Å². The zero-order chi connectivity index (χ0) is 14.6. The molecule has 0 fully saturated rings. The molecule has 6 heteroatoms. The summed E-state index contributed by atoms with van der Waals surface area (Å²) in [5, 5.41) is 4.43. The van der Waals surface area contributed by atoms with Gasteiger partial charge in [-0.25, -0.2) is 0 Å². The first-order valence-electron chi connectivity index (χ1n) is 5.87. The lowest BCUT2D eigenvalue weighted by Gasteiger charge is -2.09. The molecule has 3 nitrogen and oxygen atoms in total. The highest BCUT2D eigenvalue weighted by atomic mass is 19.4. The van der Waals surface area contributed by atoms with Gasteiger partial charge in [-0.15, -0.1) is 0 Å². The third-order valence-corrected chi connectivity index (χ3v) is 2.53. The van der Waals surface area contributed by atoms with Crippen LogP contribution in [0.1, 0.15) is 0 Å². The summed E-state index contributed by atoms with van der Waals surface area (Å²) in [5.74, 6) is -0.621. The van der Waals surface area contributed by atoms with Crippen LogP contribution in [-0.2, 0) is 9.53 Å². The lowest BCUT2D eigenvalue weighted by molar-refractivity contribution is -0.174. The number of carbonyl (C=O) groups is 1. The smallest absolute Gasteiger partial charge is 0.362 e. The third-order valence-electron chi connectivity index (χ3n) is 2.53. The van der Waals surface area contributed by atoms with Crippen molar-refractivity contribution in [2.45, 2.75) is 6.18 Å². The molecule has 1 N–H and O–H groups in total. The van der Waals surface area contributed by atoms with Gasteiger partial charge in [0.05, 0.1) is 0 Å². The normalized spacial score (nSPS) is 11.6. The van der Waals surface area contributed by atoms with Gasteiger partial charge in [-0.3, -0.25) is 4.79 Å². The Balaban J connectivity index is 1.92. The highest BCUT2D eigenvalue weighted by Crippen LogP contribution is 2.19. The summed E-state index contributed by atoms with van der Waals surface area (Å²) in [7, 11) is 0. The molecule has 106 valence electrons. The number of nitrogens with one attached hydrogen (secondary N) is 1. The van der Waals surface area contributed by atoms with Crippen molar-refractivity contribution >= 4 is 22.4 Å². The number of halogens is 3. The minimum absolute atomic E-state index is 0.518. The number of benzene rings is 2. The molecule has 0 saturated carbocycles. The van der Waals surface area contributed by atoms with Crippen molar-refractivity contribution in [3.05, 3.63) is 42.5 Å². The fourth-order valence-corrected chi connectivity index (χ4v) is 1.72. The van der Waals surface area contributed by atoms with Gasteiger partial charge < -0.3 is 10.1 Å². The van der Waals surface area contributed by atoms with Gasteiger partial charge in [-0.2, -0.15) is 13.2 Å². The highest BCUT2D eigenvalue weighted by molar-refractivity contribution is 5.95. The van der Waals surface area contributed by atoms with E-state index in [0.717, 1.165) is 10.8 Å². The molecule has 0 unspecified atom stereocenters. The van der Waals surface area contributed by atoms with Gasteiger partial charge in [-0.05, 0) is 22.9 Å². The van der Waals surface area contributed by atoms with Crippen LogP contribution >= 0.6 is 0 Å². The summed E-state index contributed by atoms with van der Waals surface area (Å²) >= 11 is 0. The molecule has 0 aliphatic heterocycles. The molecule has 0 radical (unpaired) electrons. The van der Waals surface area contributed by atoms with Crippen molar-refractivity contribution in [3.8, 4) is 0 Å². The average molecular weight is 283 g/mol. The lowest BCUT2D eigenvalue weighted by atomic mass is 10.1. The molecule has 1 amide bonds. The van der Waals surface area contributed by atoms with Gasteiger partial charge in [0.2, 0.25) is 5.91 Å². The van der Waals surface area contributed by atoms with Gasteiger partial charge >= 0.3 is 6.18 Å². The molecule has 0 saturated heterocycles. The Morgan fingerprint density at radius 3 is 2.50 bits per heavy atom. The van der Waals surface area contributed by atoms with Crippen LogP contribution in [0.3, 0.4) is 0 Å². The molecule has 0 bridgehead atoms. The minimum atomic E-state index is -4.43. The van der Waals surface area contributed by atoms with Crippen molar-refractivity contribution < 1.29 is 22.7 Å². The number of carbonyl (C=O) groups excluding carboxylic acids is 1. The summed E-state index contributed by atoms with van der Waals surface area (Å²) in [5.41, 5.74) is 0.518. The fourth-order valence-electron chi connectivity index (χ4n) is 1.72. The van der Waals surface area contributed by atoms with Crippen molar-refractivity contribution in [3.63, 3.8) is 0 Å². The predicted octanol–water partition coefficient (Wildman–Crippen LogP) is 3.36. The summed E-state index contributed by atoms with van der Waals surface area (Å²) < 4.78 is 39.8. The van der Waals surface area contributed by atoms with E-state index in [1.807, 2.05) is 30.3 Å². The van der Waals surface area contributed by atoms with Crippen molar-refractivity contribution in [1.29, 1.82) is 0 Å². The molecule has 0 atom stereocenters. The average Bonchev–Trinajstić information content (AvgIpc) is 2.37. The van der Waals surface area contributed by atoms with Crippen LogP contribution in [-0.4, -0.2) is 25.3 Å². The zero-order valence-corrected chi connectivity index (χ0v) is 10.4. The number of hydrogen-bond acceptors (Lipinski definition) is 2. The van der Waals surface area contributed by atoms with E-state index in [0.29, 0.717) is 5.69 Å². The van der Waals surface area contributed by atoms with E-state index in [2.05, 4.69) is 10.1 Å². The molecule has 0 aliphatic carbocycles. The second kappa shape index (κ2) is 5.92. The van der Waals surface area contributed by atoms with Gasteiger partial charge in [0, 0.05) is 5.69 Å². The van der Waals surface area contributed by atoms with Crippen LogP contribution in [0.4, 0.5) is 18.9 Å².